The van der Waals surface area contributed by atoms with E-state index in [4.69, 9.17) is 5.11 Å². The van der Waals surface area contributed by atoms with Gasteiger partial charge in [0.2, 0.25) is 0 Å². The first-order valence-corrected chi connectivity index (χ1v) is 10.5. The summed E-state index contributed by atoms with van der Waals surface area (Å²) < 4.78 is 0. The molecule has 0 saturated heterocycles. The summed E-state index contributed by atoms with van der Waals surface area (Å²) in [7, 11) is 0. The van der Waals surface area contributed by atoms with Gasteiger partial charge in [0, 0.05) is 18.4 Å². The van der Waals surface area contributed by atoms with Crippen LogP contribution in [0, 0.1) is 23.2 Å². The van der Waals surface area contributed by atoms with E-state index in [1.165, 1.54) is 11.1 Å². The topological polar surface area (TPSA) is 57.5 Å². The molecule has 0 unspecified atom stereocenters. The maximum atomic E-state index is 12.9. The lowest BCUT2D eigenvalue weighted by Crippen LogP contribution is -2.44. The van der Waals surface area contributed by atoms with Crippen molar-refractivity contribution in [3.8, 4) is 5.75 Å². The Morgan fingerprint density at radius 3 is 2.85 bits per heavy atom. The third-order valence-electron chi connectivity index (χ3n) is 7.79. The molecule has 0 amide bonds. The van der Waals surface area contributed by atoms with Crippen LogP contribution in [0.15, 0.2) is 18.2 Å². The van der Waals surface area contributed by atoms with Gasteiger partial charge in [-0.05, 0) is 85.5 Å². The molecule has 0 heterocycles. The number of unbranched alkanes of at least 4 members (excludes halogenated alkanes) is 2. The highest BCUT2D eigenvalue weighted by atomic mass is 16.3. The Kier molecular flexibility index (Phi) is 4.85. The van der Waals surface area contributed by atoms with E-state index in [1.807, 2.05) is 12.1 Å². The number of aliphatic hydroxyl groups is 1. The van der Waals surface area contributed by atoms with Crippen LogP contribution in [0.25, 0.3) is 0 Å². The number of rotatable bonds is 5. The first-order valence-electron chi connectivity index (χ1n) is 10.5. The zero-order chi connectivity index (χ0) is 18.3. The molecule has 0 bridgehead atoms. The molecule has 0 spiro atoms. The van der Waals surface area contributed by atoms with Crippen molar-refractivity contribution in [2.45, 2.75) is 70.6 Å². The molecule has 0 aliphatic heterocycles. The lowest BCUT2D eigenvalue weighted by Gasteiger charge is -2.50. The van der Waals surface area contributed by atoms with E-state index >= 15 is 0 Å². The normalized spacial score (nSPS) is 35.7. The van der Waals surface area contributed by atoms with E-state index in [-0.39, 0.29) is 12.0 Å². The largest absolute Gasteiger partial charge is 0.508 e. The molecular formula is C23H32O3. The molecule has 2 N–H and O–H groups in total. The van der Waals surface area contributed by atoms with Gasteiger partial charge in [0.15, 0.2) is 0 Å². The number of aryl methyl sites for hydroxylation is 1. The van der Waals surface area contributed by atoms with Gasteiger partial charge >= 0.3 is 0 Å². The van der Waals surface area contributed by atoms with Gasteiger partial charge in [-0.15, -0.1) is 0 Å². The molecule has 142 valence electrons. The Hall–Kier alpha value is -1.35. The van der Waals surface area contributed by atoms with Crippen LogP contribution in [0.5, 0.6) is 5.75 Å². The summed E-state index contributed by atoms with van der Waals surface area (Å²) >= 11 is 0. The summed E-state index contributed by atoms with van der Waals surface area (Å²) in [5, 5.41) is 18.9. The first-order chi connectivity index (χ1) is 12.5. The number of ketones is 1. The number of phenols is 1. The summed E-state index contributed by atoms with van der Waals surface area (Å²) in [5.41, 5.74) is 2.63. The molecule has 0 radical (unpaired) electrons. The Bertz CT molecular complexity index is 682. The van der Waals surface area contributed by atoms with E-state index in [2.05, 4.69) is 13.0 Å². The smallest absolute Gasteiger partial charge is 0.139 e. The second-order valence-electron chi connectivity index (χ2n) is 9.13. The lowest BCUT2D eigenvalue weighted by atomic mass is 9.54. The number of Topliss-reactive ketones (excluding diaryl/α,β-unsaturated/α-hetero) is 1. The molecule has 3 heteroatoms. The van der Waals surface area contributed by atoms with Gasteiger partial charge in [0.25, 0.3) is 0 Å². The molecule has 0 aromatic heterocycles. The maximum absolute atomic E-state index is 12.9. The van der Waals surface area contributed by atoms with Gasteiger partial charge < -0.3 is 10.2 Å². The van der Waals surface area contributed by atoms with Crippen molar-refractivity contribution < 1.29 is 15.0 Å². The molecule has 2 saturated carbocycles. The van der Waals surface area contributed by atoms with E-state index in [0.29, 0.717) is 35.2 Å². The number of aliphatic hydroxyl groups excluding tert-OH is 1. The highest BCUT2D eigenvalue weighted by molar-refractivity contribution is 5.87. The Morgan fingerprint density at radius 2 is 2.04 bits per heavy atom. The number of carbonyl (C=O) groups excluding carboxylic acids is 1. The van der Waals surface area contributed by atoms with Crippen molar-refractivity contribution in [2.75, 3.05) is 6.61 Å². The molecule has 26 heavy (non-hydrogen) atoms. The van der Waals surface area contributed by atoms with Crippen LogP contribution in [0.2, 0.25) is 0 Å². The van der Waals surface area contributed by atoms with Gasteiger partial charge in [-0.1, -0.05) is 25.8 Å². The highest BCUT2D eigenvalue weighted by Crippen LogP contribution is 2.62. The molecule has 2 fully saturated rings. The van der Waals surface area contributed by atoms with Crippen molar-refractivity contribution in [3.05, 3.63) is 29.3 Å². The Balaban J connectivity index is 1.58. The number of benzene rings is 1. The van der Waals surface area contributed by atoms with Crippen LogP contribution in [0.4, 0.5) is 0 Å². The number of hydrogen-bond acceptors (Lipinski definition) is 3. The number of phenolic OH excluding ortho intramolecular Hbond substituents is 1. The third kappa shape index (κ3) is 2.89. The van der Waals surface area contributed by atoms with E-state index in [9.17, 15) is 9.90 Å². The van der Waals surface area contributed by atoms with Crippen LogP contribution in [0.3, 0.4) is 0 Å². The molecule has 5 atom stereocenters. The number of carbonyl (C=O) groups is 1. The molecular weight excluding hydrogens is 324 g/mol. The van der Waals surface area contributed by atoms with Crippen molar-refractivity contribution >= 4 is 5.78 Å². The van der Waals surface area contributed by atoms with Crippen molar-refractivity contribution in [1.29, 1.82) is 0 Å². The zero-order valence-electron chi connectivity index (χ0n) is 15.9. The highest BCUT2D eigenvalue weighted by Gasteiger charge is 2.58. The van der Waals surface area contributed by atoms with Gasteiger partial charge in [-0.25, -0.2) is 0 Å². The number of aromatic hydroxyl groups is 1. The Labute approximate surface area is 156 Å². The van der Waals surface area contributed by atoms with Gasteiger partial charge in [-0.2, -0.15) is 0 Å². The second-order valence-corrected chi connectivity index (χ2v) is 9.13. The summed E-state index contributed by atoms with van der Waals surface area (Å²) in [6.45, 7) is 2.52. The molecule has 1 aromatic rings. The summed E-state index contributed by atoms with van der Waals surface area (Å²) in [4.78, 5) is 12.9. The SMILES string of the molecule is C[C@]12CC[C@@H]3c4ccc(O)cc4CC[C@H]3[C@@H]1[C@H](CCCCCO)CC2=O. The minimum absolute atomic E-state index is 0.114. The van der Waals surface area contributed by atoms with Crippen LogP contribution >= 0.6 is 0 Å². The quantitative estimate of drug-likeness (QED) is 0.758. The van der Waals surface area contributed by atoms with Gasteiger partial charge in [0.1, 0.15) is 11.5 Å². The lowest BCUT2D eigenvalue weighted by molar-refractivity contribution is -0.129. The number of hydrogen-bond donors (Lipinski definition) is 2. The van der Waals surface area contributed by atoms with Crippen molar-refractivity contribution in [3.63, 3.8) is 0 Å². The fourth-order valence-electron chi connectivity index (χ4n) is 6.59. The predicted octanol–water partition coefficient (Wildman–Crippen LogP) is 4.60. The van der Waals surface area contributed by atoms with Crippen molar-refractivity contribution in [2.24, 2.45) is 23.2 Å². The fourth-order valence-corrected chi connectivity index (χ4v) is 6.59. The third-order valence-corrected chi connectivity index (χ3v) is 7.79. The van der Waals surface area contributed by atoms with E-state index in [1.54, 1.807) is 0 Å². The molecule has 3 aliphatic rings. The summed E-state index contributed by atoms with van der Waals surface area (Å²) in [6, 6.07) is 5.92. The molecule has 1 aromatic carbocycles. The maximum Gasteiger partial charge on any atom is 0.139 e. The minimum Gasteiger partial charge on any atom is -0.508 e. The predicted molar refractivity (Wildman–Crippen MR) is 102 cm³/mol. The monoisotopic (exact) mass is 356 g/mol. The zero-order valence-corrected chi connectivity index (χ0v) is 15.9. The fraction of sp³-hybridized carbons (Fsp3) is 0.696. The Morgan fingerprint density at radius 1 is 1.19 bits per heavy atom. The van der Waals surface area contributed by atoms with Crippen LogP contribution < -0.4 is 0 Å². The van der Waals surface area contributed by atoms with E-state index in [0.717, 1.165) is 57.8 Å². The standard InChI is InChI=1S/C23H32O3/c1-23-11-10-19-18-9-7-17(25)13-15(18)6-8-20(19)22(23)16(14-21(23)26)5-3-2-4-12-24/h7,9,13,16,19-20,22,24-25H,2-6,8,10-12,14H2,1H3/t16-,19-,20-,22+,23-/m1/s1. The van der Waals surface area contributed by atoms with Gasteiger partial charge in [0.05, 0.1) is 0 Å². The van der Waals surface area contributed by atoms with Crippen molar-refractivity contribution in [1.82, 2.24) is 0 Å². The van der Waals surface area contributed by atoms with E-state index < -0.39 is 0 Å². The molecule has 4 rings (SSSR count). The average Bonchev–Trinajstić information content (AvgIpc) is 2.89. The second kappa shape index (κ2) is 6.99. The minimum atomic E-state index is -0.114. The average molecular weight is 357 g/mol. The van der Waals surface area contributed by atoms with Crippen LogP contribution in [-0.2, 0) is 11.2 Å². The molecule has 3 aliphatic carbocycles. The van der Waals surface area contributed by atoms with Crippen LogP contribution in [0.1, 0.15) is 75.3 Å². The molecule has 3 nitrogen and oxygen atoms in total. The van der Waals surface area contributed by atoms with Gasteiger partial charge in [-0.3, -0.25) is 4.79 Å². The number of fused-ring (bicyclic) bond motifs is 5. The first kappa shape index (κ1) is 18.0. The summed E-state index contributed by atoms with van der Waals surface area (Å²) in [5.74, 6) is 3.09. The summed E-state index contributed by atoms with van der Waals surface area (Å²) in [6.07, 6.45) is 9.30. The van der Waals surface area contributed by atoms with Crippen LogP contribution in [-0.4, -0.2) is 22.6 Å².